The first-order valence-electron chi connectivity index (χ1n) is 6.52. The molecule has 2 heterocycles. The molecule has 0 aliphatic carbocycles. The number of hydrogen-bond acceptors (Lipinski definition) is 5. The Hall–Kier alpha value is -2.29. The summed E-state index contributed by atoms with van der Waals surface area (Å²) in [6.07, 6.45) is 1.62. The molecule has 22 heavy (non-hydrogen) atoms. The van der Waals surface area contributed by atoms with E-state index in [4.69, 9.17) is 11.6 Å². The van der Waals surface area contributed by atoms with Crippen molar-refractivity contribution in [2.75, 3.05) is 0 Å². The second kappa shape index (κ2) is 6.22. The van der Waals surface area contributed by atoms with Crippen LogP contribution in [0.5, 0.6) is 0 Å². The molecule has 1 aromatic carbocycles. The second-order valence-electron chi connectivity index (χ2n) is 4.63. The van der Waals surface area contributed by atoms with E-state index in [1.807, 2.05) is 42.7 Å². The highest BCUT2D eigenvalue weighted by atomic mass is 35.5. The Bertz CT molecular complexity index is 822. The molecule has 0 bridgehead atoms. The number of thioether (sulfide) groups is 1. The van der Waals surface area contributed by atoms with E-state index in [1.54, 1.807) is 6.20 Å². The van der Waals surface area contributed by atoms with Gasteiger partial charge in [-0.05, 0) is 29.7 Å². The van der Waals surface area contributed by atoms with E-state index >= 15 is 0 Å². The van der Waals surface area contributed by atoms with Gasteiger partial charge in [-0.25, -0.2) is 9.97 Å². The van der Waals surface area contributed by atoms with Gasteiger partial charge in [0.1, 0.15) is 11.6 Å². The van der Waals surface area contributed by atoms with E-state index < -0.39 is 0 Å². The van der Waals surface area contributed by atoms with Crippen LogP contribution in [0, 0.1) is 18.3 Å². The minimum Gasteiger partial charge on any atom is -0.348 e. The summed E-state index contributed by atoms with van der Waals surface area (Å²) < 4.78 is 0. The summed E-state index contributed by atoms with van der Waals surface area (Å²) in [7, 11) is 0. The molecule has 0 radical (unpaired) electrons. The van der Waals surface area contributed by atoms with Crippen molar-refractivity contribution in [1.82, 2.24) is 15.3 Å². The quantitative estimate of drug-likeness (QED) is 0.668. The van der Waals surface area contributed by atoms with Gasteiger partial charge in [0.15, 0.2) is 0 Å². The Labute approximate surface area is 137 Å². The Kier molecular flexibility index (Phi) is 4.14. The molecule has 1 aliphatic heterocycles. The van der Waals surface area contributed by atoms with Crippen LogP contribution >= 0.6 is 23.4 Å². The summed E-state index contributed by atoms with van der Waals surface area (Å²) in [5, 5.41) is 15.7. The van der Waals surface area contributed by atoms with Gasteiger partial charge in [-0.15, -0.1) is 0 Å². The van der Waals surface area contributed by atoms with Gasteiger partial charge < -0.3 is 5.32 Å². The molecule has 0 fully saturated rings. The highest BCUT2D eigenvalue weighted by Crippen LogP contribution is 2.35. The lowest BCUT2D eigenvalue weighted by atomic mass is 10.1. The molecule has 0 atom stereocenters. The zero-order valence-electron chi connectivity index (χ0n) is 11.7. The van der Waals surface area contributed by atoms with Gasteiger partial charge in [0.2, 0.25) is 5.28 Å². The number of allylic oxidation sites excluding steroid dienone is 1. The van der Waals surface area contributed by atoms with Crippen molar-refractivity contribution in [2.24, 2.45) is 0 Å². The molecule has 0 spiro atoms. The molecule has 6 heteroatoms. The molecule has 0 saturated carbocycles. The number of halogens is 1. The average Bonchev–Trinajstić information content (AvgIpc) is 3.02. The van der Waals surface area contributed by atoms with Crippen LogP contribution < -0.4 is 5.32 Å². The van der Waals surface area contributed by atoms with Crippen LogP contribution in [0.3, 0.4) is 0 Å². The first-order valence-corrected chi connectivity index (χ1v) is 7.78. The normalized spacial score (nSPS) is 15.8. The molecule has 0 saturated heterocycles. The number of aryl methyl sites for hydroxylation is 1. The highest BCUT2D eigenvalue weighted by Gasteiger charge is 2.19. The van der Waals surface area contributed by atoms with E-state index in [9.17, 15) is 5.26 Å². The van der Waals surface area contributed by atoms with Gasteiger partial charge in [0, 0.05) is 11.6 Å². The largest absolute Gasteiger partial charge is 0.348 e. The van der Waals surface area contributed by atoms with Gasteiger partial charge in [-0.3, -0.25) is 0 Å². The fraction of sp³-hybridized carbons (Fsp3) is 0.0625. The topological polar surface area (TPSA) is 61.6 Å². The third-order valence-electron chi connectivity index (χ3n) is 3.15. The van der Waals surface area contributed by atoms with E-state index in [-0.39, 0.29) is 5.28 Å². The molecule has 108 valence electrons. The van der Waals surface area contributed by atoms with Crippen molar-refractivity contribution < 1.29 is 0 Å². The number of benzene rings is 1. The van der Waals surface area contributed by atoms with E-state index in [0.717, 1.165) is 21.9 Å². The molecule has 2 aromatic rings. The van der Waals surface area contributed by atoms with Gasteiger partial charge >= 0.3 is 0 Å². The van der Waals surface area contributed by atoms with Crippen LogP contribution in [0.25, 0.3) is 11.3 Å². The Morgan fingerprint density at radius 3 is 2.82 bits per heavy atom. The van der Waals surface area contributed by atoms with Gasteiger partial charge in [-0.1, -0.05) is 42.1 Å². The maximum absolute atomic E-state index is 9.52. The minimum absolute atomic E-state index is 0.133. The van der Waals surface area contributed by atoms with Crippen LogP contribution in [0.4, 0.5) is 0 Å². The van der Waals surface area contributed by atoms with Crippen molar-refractivity contribution >= 4 is 34.6 Å². The number of nitriles is 1. The summed E-state index contributed by atoms with van der Waals surface area (Å²) in [6.45, 7) is 1.86. The van der Waals surface area contributed by atoms with Gasteiger partial charge in [0.25, 0.3) is 0 Å². The molecule has 0 amide bonds. The first kappa shape index (κ1) is 14.6. The minimum atomic E-state index is 0.133. The third-order valence-corrected chi connectivity index (χ3v) is 4.22. The molecular formula is C16H11ClN4S. The lowest BCUT2D eigenvalue weighted by Gasteiger charge is -2.09. The van der Waals surface area contributed by atoms with E-state index in [1.165, 1.54) is 11.8 Å². The molecule has 1 aliphatic rings. The monoisotopic (exact) mass is 326 g/mol. The lowest BCUT2D eigenvalue weighted by molar-refractivity contribution is 1.10. The van der Waals surface area contributed by atoms with Crippen LogP contribution in [-0.4, -0.2) is 9.97 Å². The van der Waals surface area contributed by atoms with Crippen LogP contribution in [0.2, 0.25) is 5.28 Å². The van der Waals surface area contributed by atoms with Crippen molar-refractivity contribution in [1.29, 1.82) is 5.26 Å². The fourth-order valence-corrected chi connectivity index (χ4v) is 3.06. The Balaban J connectivity index is 1.97. The maximum Gasteiger partial charge on any atom is 0.222 e. The summed E-state index contributed by atoms with van der Waals surface area (Å²) in [6, 6.07) is 12.2. The fourth-order valence-electron chi connectivity index (χ4n) is 2.06. The number of nitrogens with zero attached hydrogens (tertiary/aromatic N) is 3. The predicted octanol–water partition coefficient (Wildman–Crippen LogP) is 3.97. The Morgan fingerprint density at radius 2 is 2.09 bits per heavy atom. The third kappa shape index (κ3) is 2.84. The van der Waals surface area contributed by atoms with E-state index in [0.29, 0.717) is 11.3 Å². The van der Waals surface area contributed by atoms with Gasteiger partial charge in [0.05, 0.1) is 16.4 Å². The number of hydrogen-bond donors (Lipinski definition) is 1. The summed E-state index contributed by atoms with van der Waals surface area (Å²) in [4.78, 5) is 8.11. The van der Waals surface area contributed by atoms with Gasteiger partial charge in [-0.2, -0.15) is 5.26 Å². The maximum atomic E-state index is 9.52. The second-order valence-corrected chi connectivity index (χ2v) is 5.84. The van der Waals surface area contributed by atoms with Crippen molar-refractivity contribution in [3.8, 4) is 6.07 Å². The van der Waals surface area contributed by atoms with Crippen LogP contribution in [0.1, 0.15) is 16.8 Å². The van der Waals surface area contributed by atoms with Crippen molar-refractivity contribution in [3.63, 3.8) is 0 Å². The van der Waals surface area contributed by atoms with Crippen molar-refractivity contribution in [3.05, 3.63) is 69.1 Å². The summed E-state index contributed by atoms with van der Waals surface area (Å²) in [5.41, 5.74) is 3.86. The van der Waals surface area contributed by atoms with Crippen LogP contribution in [0.15, 0.2) is 47.0 Å². The average molecular weight is 327 g/mol. The standard InChI is InChI=1S/C16H11ClN4S/c1-10-8-19-16(17)21-14(10)12(7-18)15-20-13(9-22-15)11-5-3-2-4-6-11/h2-6,8-9,20H,1H3/b15-12-. The SMILES string of the molecule is Cc1cnc(Cl)nc1/C(C#N)=C1/NC(c2ccccc2)=CS1. The predicted molar refractivity (Wildman–Crippen MR) is 89.5 cm³/mol. The highest BCUT2D eigenvalue weighted by molar-refractivity contribution is 8.06. The van der Waals surface area contributed by atoms with Crippen molar-refractivity contribution in [2.45, 2.75) is 6.92 Å². The molecule has 4 nitrogen and oxygen atoms in total. The molecular weight excluding hydrogens is 316 g/mol. The first-order chi connectivity index (χ1) is 10.7. The smallest absolute Gasteiger partial charge is 0.222 e. The zero-order valence-corrected chi connectivity index (χ0v) is 13.2. The number of rotatable bonds is 2. The summed E-state index contributed by atoms with van der Waals surface area (Å²) in [5.74, 6) is 0. The Morgan fingerprint density at radius 1 is 1.32 bits per heavy atom. The molecule has 0 unspecified atom stereocenters. The molecule has 1 aromatic heterocycles. The van der Waals surface area contributed by atoms with Crippen LogP contribution in [-0.2, 0) is 0 Å². The summed E-state index contributed by atoms with van der Waals surface area (Å²) >= 11 is 7.32. The number of nitrogens with one attached hydrogen (secondary N) is 1. The zero-order chi connectivity index (χ0) is 15.5. The van der Waals surface area contributed by atoms with E-state index in [2.05, 4.69) is 21.4 Å². The number of aromatic nitrogens is 2. The molecule has 3 rings (SSSR count). The molecule has 1 N–H and O–H groups in total. The lowest BCUT2D eigenvalue weighted by Crippen LogP contribution is -2.07.